The lowest BCUT2D eigenvalue weighted by molar-refractivity contribution is -0.117. The average Bonchev–Trinajstić information content (AvgIpc) is 3.35. The van der Waals surface area contributed by atoms with Crippen LogP contribution < -0.4 is 19.1 Å². The third kappa shape index (κ3) is 6.03. The van der Waals surface area contributed by atoms with E-state index < -0.39 is 15.9 Å². The summed E-state index contributed by atoms with van der Waals surface area (Å²) in [6.45, 7) is 1.97. The monoisotopic (exact) mass is 586 g/mol. The molecule has 2 atom stereocenters. The number of sulfone groups is 1. The summed E-state index contributed by atoms with van der Waals surface area (Å²) >= 11 is 7.70. The molecule has 3 aromatic carbocycles. The van der Waals surface area contributed by atoms with Crippen LogP contribution >= 0.6 is 23.4 Å². The van der Waals surface area contributed by atoms with Crippen molar-refractivity contribution < 1.29 is 27.4 Å². The van der Waals surface area contributed by atoms with Gasteiger partial charge in [-0.05, 0) is 60.5 Å². The van der Waals surface area contributed by atoms with E-state index in [0.717, 1.165) is 5.56 Å². The number of rotatable bonds is 7. The lowest BCUT2D eigenvalue weighted by Crippen LogP contribution is -2.38. The van der Waals surface area contributed by atoms with Crippen LogP contribution in [0.1, 0.15) is 11.1 Å². The molecule has 0 aromatic heterocycles. The van der Waals surface area contributed by atoms with Crippen LogP contribution in [0.2, 0.25) is 5.02 Å². The second kappa shape index (κ2) is 11.1. The molecule has 5 rings (SSSR count). The van der Waals surface area contributed by atoms with Crippen LogP contribution in [0.4, 0.5) is 5.69 Å². The van der Waals surface area contributed by atoms with Crippen molar-refractivity contribution in [3.63, 3.8) is 0 Å². The average molecular weight is 587 g/mol. The summed E-state index contributed by atoms with van der Waals surface area (Å²) in [5, 5.41) is 0.599. The zero-order chi connectivity index (χ0) is 27.7. The maximum atomic E-state index is 13.2. The van der Waals surface area contributed by atoms with Gasteiger partial charge in [0.05, 0.1) is 43.9 Å². The Labute approximate surface area is 236 Å². The normalized spacial score (nSPS) is 20.6. The molecule has 0 unspecified atom stereocenters. The molecule has 204 valence electrons. The number of fused-ring (bicyclic) bond motifs is 1. The Bertz CT molecular complexity index is 1560. The summed E-state index contributed by atoms with van der Waals surface area (Å²) < 4.78 is 42.0. The van der Waals surface area contributed by atoms with Crippen molar-refractivity contribution in [2.45, 2.75) is 24.6 Å². The van der Waals surface area contributed by atoms with Crippen LogP contribution in [0.25, 0.3) is 0 Å². The number of aliphatic imine (C=N–C) groups is 1. The predicted molar refractivity (Wildman–Crippen MR) is 155 cm³/mol. The quantitative estimate of drug-likeness (QED) is 0.368. The Balaban J connectivity index is 1.50. The number of ether oxygens (including phenoxy) is 3. The Morgan fingerprint density at radius 2 is 1.79 bits per heavy atom. The van der Waals surface area contributed by atoms with Gasteiger partial charge in [0, 0.05) is 10.3 Å². The molecule has 2 aliphatic heterocycles. The summed E-state index contributed by atoms with van der Waals surface area (Å²) in [6.07, 6.45) is 0.0358. The van der Waals surface area contributed by atoms with Crippen LogP contribution in [0.3, 0.4) is 0 Å². The number of anilines is 1. The van der Waals surface area contributed by atoms with E-state index in [0.29, 0.717) is 44.4 Å². The number of halogens is 1. The molecule has 0 N–H and O–H groups in total. The van der Waals surface area contributed by atoms with Crippen LogP contribution in [0, 0.1) is 6.92 Å². The van der Waals surface area contributed by atoms with Gasteiger partial charge in [-0.2, -0.15) is 4.99 Å². The molecule has 3 aromatic rings. The third-order valence-corrected chi connectivity index (χ3v) is 9.93. The smallest absolute Gasteiger partial charge is 0.252 e. The number of aryl methyl sites for hydroxylation is 1. The fourth-order valence-corrected chi connectivity index (χ4v) is 8.82. The molecule has 0 saturated carbocycles. The highest BCUT2D eigenvalue weighted by Crippen LogP contribution is 2.45. The van der Waals surface area contributed by atoms with E-state index in [1.165, 1.54) is 18.9 Å². The number of nitrogens with zero attached hydrogens (tertiary/aromatic N) is 2. The molecule has 11 heteroatoms. The molecular weight excluding hydrogens is 560 g/mol. The third-order valence-electron chi connectivity index (χ3n) is 6.49. The van der Waals surface area contributed by atoms with Crippen LogP contribution in [-0.2, 0) is 21.1 Å². The van der Waals surface area contributed by atoms with Gasteiger partial charge in [-0.3, -0.25) is 4.79 Å². The number of carbonyl (C=O) groups excluding carboxylic acids is 1. The molecule has 0 spiro atoms. The topological polar surface area (TPSA) is 94.5 Å². The van der Waals surface area contributed by atoms with Gasteiger partial charge in [0.2, 0.25) is 0 Å². The minimum atomic E-state index is -3.25. The predicted octanol–water partition coefficient (Wildman–Crippen LogP) is 5.30. The zero-order valence-corrected chi connectivity index (χ0v) is 24.0. The number of benzene rings is 3. The molecular formula is C28H27ClN2O6S2. The number of hydrogen-bond acceptors (Lipinski definition) is 7. The second-order valence-electron chi connectivity index (χ2n) is 9.36. The van der Waals surface area contributed by atoms with Crippen molar-refractivity contribution in [2.75, 3.05) is 30.6 Å². The Morgan fingerprint density at radius 3 is 2.54 bits per heavy atom. The minimum absolute atomic E-state index is 0.0103. The van der Waals surface area contributed by atoms with Gasteiger partial charge >= 0.3 is 0 Å². The van der Waals surface area contributed by atoms with Crippen molar-refractivity contribution in [1.82, 2.24) is 0 Å². The van der Waals surface area contributed by atoms with Gasteiger partial charge in [-0.15, -0.1) is 0 Å². The number of methoxy groups -OCH3 is 2. The molecule has 0 radical (unpaired) electrons. The molecule has 1 amide bonds. The molecule has 2 heterocycles. The lowest BCUT2D eigenvalue weighted by Gasteiger charge is -2.27. The van der Waals surface area contributed by atoms with E-state index in [1.54, 1.807) is 48.4 Å². The zero-order valence-electron chi connectivity index (χ0n) is 21.6. The number of thioether (sulfide) groups is 1. The first-order chi connectivity index (χ1) is 18.7. The van der Waals surface area contributed by atoms with Gasteiger partial charge < -0.3 is 19.1 Å². The summed E-state index contributed by atoms with van der Waals surface area (Å²) in [5.74, 6) is 1.78. The first-order valence-electron chi connectivity index (χ1n) is 12.2. The van der Waals surface area contributed by atoms with E-state index in [1.807, 2.05) is 31.2 Å². The molecule has 0 bridgehead atoms. The Hall–Kier alpha value is -3.21. The molecule has 2 saturated heterocycles. The van der Waals surface area contributed by atoms with E-state index in [4.69, 9.17) is 25.8 Å². The first kappa shape index (κ1) is 27.4. The number of amides is 1. The SMILES string of the molecule is COc1ccc(CC(=O)N=C2S[C@@H]3CS(=O)(=O)C[C@H]3N2c2cc(Cl)ccc2Oc2cccc(C)c2)cc1OC. The van der Waals surface area contributed by atoms with Gasteiger partial charge in [0.1, 0.15) is 5.75 Å². The van der Waals surface area contributed by atoms with Gasteiger partial charge in [-0.1, -0.05) is 41.6 Å². The molecule has 39 heavy (non-hydrogen) atoms. The molecule has 2 fully saturated rings. The van der Waals surface area contributed by atoms with Crippen molar-refractivity contribution in [1.29, 1.82) is 0 Å². The van der Waals surface area contributed by atoms with Crippen molar-refractivity contribution in [2.24, 2.45) is 4.99 Å². The largest absolute Gasteiger partial charge is 0.493 e. The van der Waals surface area contributed by atoms with Crippen molar-refractivity contribution in [3.8, 4) is 23.0 Å². The van der Waals surface area contributed by atoms with Crippen molar-refractivity contribution in [3.05, 3.63) is 76.8 Å². The van der Waals surface area contributed by atoms with Crippen LogP contribution in [0.5, 0.6) is 23.0 Å². The summed E-state index contributed by atoms with van der Waals surface area (Å²) in [6, 6.07) is 17.6. The van der Waals surface area contributed by atoms with E-state index in [-0.39, 0.29) is 29.1 Å². The minimum Gasteiger partial charge on any atom is -0.493 e. The first-order valence-corrected chi connectivity index (χ1v) is 15.3. The fraction of sp³-hybridized carbons (Fsp3) is 0.286. The van der Waals surface area contributed by atoms with E-state index >= 15 is 0 Å². The Morgan fingerprint density at radius 1 is 1.03 bits per heavy atom. The second-order valence-corrected chi connectivity index (χ2v) is 13.2. The summed E-state index contributed by atoms with van der Waals surface area (Å²) in [7, 11) is -0.172. The molecule has 0 aliphatic carbocycles. The highest BCUT2D eigenvalue weighted by molar-refractivity contribution is 8.16. The van der Waals surface area contributed by atoms with Crippen molar-refractivity contribution >= 4 is 50.0 Å². The van der Waals surface area contributed by atoms with Crippen LogP contribution in [0.15, 0.2) is 65.7 Å². The van der Waals surface area contributed by atoms with E-state index in [9.17, 15) is 13.2 Å². The highest BCUT2D eigenvalue weighted by atomic mass is 35.5. The van der Waals surface area contributed by atoms with Crippen LogP contribution in [-0.4, -0.2) is 56.5 Å². The number of hydrogen-bond donors (Lipinski definition) is 0. The number of amidine groups is 1. The number of carbonyl (C=O) groups is 1. The Kier molecular flexibility index (Phi) is 7.80. The fourth-order valence-electron chi connectivity index (χ4n) is 4.73. The highest BCUT2D eigenvalue weighted by Gasteiger charge is 2.50. The maximum absolute atomic E-state index is 13.2. The maximum Gasteiger partial charge on any atom is 0.252 e. The van der Waals surface area contributed by atoms with E-state index in [2.05, 4.69) is 4.99 Å². The van der Waals surface area contributed by atoms with Gasteiger partial charge in [0.25, 0.3) is 5.91 Å². The summed E-state index contributed by atoms with van der Waals surface area (Å²) in [4.78, 5) is 19.4. The molecule has 8 nitrogen and oxygen atoms in total. The van der Waals surface area contributed by atoms with Gasteiger partial charge in [0.15, 0.2) is 32.3 Å². The molecule has 2 aliphatic rings. The van der Waals surface area contributed by atoms with Gasteiger partial charge in [-0.25, -0.2) is 8.42 Å². The summed E-state index contributed by atoms with van der Waals surface area (Å²) in [5.41, 5.74) is 2.30. The standard InChI is InChI=1S/C28H27ClN2O6S2/c1-17-5-4-6-20(11-17)37-23-10-8-19(29)14-21(23)31-22-15-39(33,34)16-26(22)38-28(31)30-27(32)13-18-7-9-24(35-2)25(12-18)36-3/h4-12,14,22,26H,13,15-16H2,1-3H3/t22-,26-/m1/s1. The lowest BCUT2D eigenvalue weighted by atomic mass is 10.1.